The minimum absolute atomic E-state index is 0.105. The molecule has 0 bridgehead atoms. The molecule has 0 amide bonds. The summed E-state index contributed by atoms with van der Waals surface area (Å²) in [5.74, 6) is -2.12. The lowest BCUT2D eigenvalue weighted by Gasteiger charge is -2.39. The van der Waals surface area contributed by atoms with Gasteiger partial charge in [0.1, 0.15) is 0 Å². The van der Waals surface area contributed by atoms with Crippen molar-refractivity contribution in [1.82, 2.24) is 9.80 Å². The molecule has 1 atom stereocenters. The van der Waals surface area contributed by atoms with Crippen molar-refractivity contribution in [2.24, 2.45) is 11.8 Å². The Kier molecular flexibility index (Phi) is 5.51. The van der Waals surface area contributed by atoms with Gasteiger partial charge in [-0.05, 0) is 0 Å². The summed E-state index contributed by atoms with van der Waals surface area (Å²) in [4.78, 5) is 25.3. The fraction of sp³-hybridized carbons (Fsp3) is 0.846. The minimum atomic E-state index is -0.779. The van der Waals surface area contributed by atoms with Crippen LogP contribution in [0.15, 0.2) is 0 Å². The number of carboxylic acid groups (broad SMARTS) is 2. The number of hydrogen-bond acceptors (Lipinski definition) is 6. The predicted molar refractivity (Wildman–Crippen MR) is 72.0 cm³/mol. The van der Waals surface area contributed by atoms with Crippen molar-refractivity contribution < 1.29 is 29.6 Å². The molecule has 8 heteroatoms. The Morgan fingerprint density at radius 1 is 1.05 bits per heavy atom. The molecule has 0 aromatic rings. The van der Waals surface area contributed by atoms with Crippen LogP contribution in [0.4, 0.5) is 0 Å². The van der Waals surface area contributed by atoms with Gasteiger partial charge in [0.05, 0.1) is 31.2 Å². The van der Waals surface area contributed by atoms with Crippen molar-refractivity contribution in [2.75, 3.05) is 52.5 Å². The van der Waals surface area contributed by atoms with Crippen molar-refractivity contribution in [2.45, 2.75) is 6.10 Å². The molecule has 0 aliphatic carbocycles. The SMILES string of the molecule is O=C(O)C1CN(CCOC(CO)CN2CC(C(=O)O)C2)C1. The van der Waals surface area contributed by atoms with E-state index in [1.165, 1.54) is 0 Å². The highest BCUT2D eigenvalue weighted by molar-refractivity contribution is 5.72. The summed E-state index contributed by atoms with van der Waals surface area (Å²) in [6, 6.07) is 0. The Morgan fingerprint density at radius 2 is 1.57 bits per heavy atom. The molecule has 2 fully saturated rings. The van der Waals surface area contributed by atoms with Crippen LogP contribution in [0.2, 0.25) is 0 Å². The molecule has 21 heavy (non-hydrogen) atoms. The third-order valence-corrected chi connectivity index (χ3v) is 4.04. The quantitative estimate of drug-likeness (QED) is 0.467. The number of rotatable bonds is 9. The van der Waals surface area contributed by atoms with Crippen molar-refractivity contribution in [3.8, 4) is 0 Å². The van der Waals surface area contributed by atoms with Gasteiger partial charge in [0.25, 0.3) is 0 Å². The Hall–Kier alpha value is -1.22. The lowest BCUT2D eigenvalue weighted by molar-refractivity contribution is -0.148. The number of likely N-dealkylation sites (tertiary alicyclic amines) is 2. The Bertz CT molecular complexity index is 379. The van der Waals surface area contributed by atoms with Gasteiger partial charge in [-0.2, -0.15) is 0 Å². The van der Waals surface area contributed by atoms with Crippen LogP contribution < -0.4 is 0 Å². The molecule has 2 saturated heterocycles. The number of carbonyl (C=O) groups is 2. The number of nitrogens with zero attached hydrogens (tertiary/aromatic N) is 2. The van der Waals surface area contributed by atoms with Crippen LogP contribution in [-0.4, -0.2) is 95.6 Å². The first-order valence-corrected chi connectivity index (χ1v) is 7.12. The van der Waals surface area contributed by atoms with Gasteiger partial charge in [0.15, 0.2) is 0 Å². The maximum absolute atomic E-state index is 10.7. The summed E-state index contributed by atoms with van der Waals surface area (Å²) in [5.41, 5.74) is 0. The van der Waals surface area contributed by atoms with E-state index < -0.39 is 11.9 Å². The van der Waals surface area contributed by atoms with Crippen LogP contribution in [-0.2, 0) is 14.3 Å². The zero-order valence-corrected chi connectivity index (χ0v) is 11.8. The summed E-state index contributed by atoms with van der Waals surface area (Å²) in [6.45, 7) is 3.61. The van der Waals surface area contributed by atoms with E-state index in [2.05, 4.69) is 0 Å². The monoisotopic (exact) mass is 302 g/mol. The van der Waals surface area contributed by atoms with Crippen LogP contribution in [0, 0.1) is 11.8 Å². The van der Waals surface area contributed by atoms with E-state index in [1.807, 2.05) is 9.80 Å². The van der Waals surface area contributed by atoms with Gasteiger partial charge >= 0.3 is 11.9 Å². The average molecular weight is 302 g/mol. The maximum atomic E-state index is 10.7. The number of aliphatic carboxylic acids is 2. The van der Waals surface area contributed by atoms with Gasteiger partial charge in [0, 0.05) is 39.3 Å². The zero-order chi connectivity index (χ0) is 15.4. The molecular formula is C13H22N2O6. The molecule has 2 rings (SSSR count). The summed E-state index contributed by atoms with van der Waals surface area (Å²) in [6.07, 6.45) is -0.323. The van der Waals surface area contributed by atoms with E-state index >= 15 is 0 Å². The number of carboxylic acids is 2. The van der Waals surface area contributed by atoms with Crippen LogP contribution in [0.1, 0.15) is 0 Å². The normalized spacial score (nSPS) is 22.5. The molecule has 0 radical (unpaired) electrons. The smallest absolute Gasteiger partial charge is 0.309 e. The van der Waals surface area contributed by atoms with E-state index in [0.29, 0.717) is 45.9 Å². The maximum Gasteiger partial charge on any atom is 0.309 e. The fourth-order valence-electron chi connectivity index (χ4n) is 2.58. The zero-order valence-electron chi connectivity index (χ0n) is 11.8. The average Bonchev–Trinajstić information content (AvgIpc) is 2.31. The molecule has 0 aromatic carbocycles. The molecule has 1 unspecified atom stereocenters. The van der Waals surface area contributed by atoms with Crippen molar-refractivity contribution in [3.63, 3.8) is 0 Å². The molecule has 0 saturated carbocycles. The molecule has 3 N–H and O–H groups in total. The molecule has 120 valence electrons. The first-order valence-electron chi connectivity index (χ1n) is 7.12. The second kappa shape index (κ2) is 7.17. The second-order valence-corrected chi connectivity index (χ2v) is 5.72. The highest BCUT2D eigenvalue weighted by atomic mass is 16.5. The van der Waals surface area contributed by atoms with Crippen LogP contribution >= 0.6 is 0 Å². The first-order chi connectivity index (χ1) is 9.99. The van der Waals surface area contributed by atoms with Gasteiger partial charge in [-0.3, -0.25) is 19.4 Å². The van der Waals surface area contributed by atoms with Gasteiger partial charge in [-0.15, -0.1) is 0 Å². The molecule has 2 aliphatic rings. The summed E-state index contributed by atoms with van der Waals surface area (Å²) < 4.78 is 5.57. The number of ether oxygens (including phenoxy) is 1. The molecular weight excluding hydrogens is 280 g/mol. The number of aliphatic hydroxyl groups is 1. The van der Waals surface area contributed by atoms with Crippen molar-refractivity contribution in [3.05, 3.63) is 0 Å². The number of hydrogen-bond donors (Lipinski definition) is 3. The van der Waals surface area contributed by atoms with Gasteiger partial charge in [0.2, 0.25) is 0 Å². The Labute approximate surface area is 122 Å². The van der Waals surface area contributed by atoms with Crippen LogP contribution in [0.3, 0.4) is 0 Å². The minimum Gasteiger partial charge on any atom is -0.481 e. The standard InChI is InChI=1S/C13H22N2O6/c16-8-11(7-15-5-10(6-15)13(19)20)21-2-1-14-3-9(4-14)12(17)18/h9-11,16H,1-8H2,(H,17,18)(H,19,20). The lowest BCUT2D eigenvalue weighted by atomic mass is 10.0. The van der Waals surface area contributed by atoms with Crippen molar-refractivity contribution in [1.29, 1.82) is 0 Å². The second-order valence-electron chi connectivity index (χ2n) is 5.72. The van der Waals surface area contributed by atoms with E-state index in [-0.39, 0.29) is 24.5 Å². The molecule has 0 spiro atoms. The van der Waals surface area contributed by atoms with Gasteiger partial charge in [-0.25, -0.2) is 0 Å². The summed E-state index contributed by atoms with van der Waals surface area (Å²) >= 11 is 0. The summed E-state index contributed by atoms with van der Waals surface area (Å²) in [5, 5.41) is 26.8. The molecule has 0 aromatic heterocycles. The van der Waals surface area contributed by atoms with Gasteiger partial charge in [-0.1, -0.05) is 0 Å². The molecule has 2 aliphatic heterocycles. The predicted octanol–water partition coefficient (Wildman–Crippen LogP) is -1.60. The lowest BCUT2D eigenvalue weighted by Crippen LogP contribution is -2.54. The van der Waals surface area contributed by atoms with E-state index in [9.17, 15) is 14.7 Å². The third kappa shape index (κ3) is 4.37. The fourth-order valence-corrected chi connectivity index (χ4v) is 2.58. The Morgan fingerprint density at radius 3 is 2.05 bits per heavy atom. The third-order valence-electron chi connectivity index (χ3n) is 4.04. The topological polar surface area (TPSA) is 111 Å². The largest absolute Gasteiger partial charge is 0.481 e. The van der Waals surface area contributed by atoms with Crippen LogP contribution in [0.25, 0.3) is 0 Å². The Balaban J connectivity index is 1.55. The number of aliphatic hydroxyl groups excluding tert-OH is 1. The molecule has 2 heterocycles. The van der Waals surface area contributed by atoms with Crippen LogP contribution in [0.5, 0.6) is 0 Å². The first kappa shape index (κ1) is 16.2. The molecule has 8 nitrogen and oxygen atoms in total. The van der Waals surface area contributed by atoms with E-state index in [1.54, 1.807) is 0 Å². The van der Waals surface area contributed by atoms with Crippen molar-refractivity contribution >= 4 is 11.9 Å². The highest BCUT2D eigenvalue weighted by Crippen LogP contribution is 2.17. The van der Waals surface area contributed by atoms with E-state index in [0.717, 1.165) is 0 Å². The van der Waals surface area contributed by atoms with E-state index in [4.69, 9.17) is 14.9 Å². The summed E-state index contributed by atoms with van der Waals surface area (Å²) in [7, 11) is 0. The van der Waals surface area contributed by atoms with Gasteiger partial charge < -0.3 is 20.1 Å². The highest BCUT2D eigenvalue weighted by Gasteiger charge is 2.34.